The minimum Gasteiger partial charge on any atom is -0.491 e. The number of rotatable bonds is 20. The highest BCUT2D eigenvalue weighted by Gasteiger charge is 2.55. The lowest BCUT2D eigenvalue weighted by molar-refractivity contribution is -0.385. The first kappa shape index (κ1) is 59.5. The number of nitrogens with zero attached hydrogens (tertiary/aromatic N) is 2. The van der Waals surface area contributed by atoms with Gasteiger partial charge in [0.25, 0.3) is 17.3 Å². The normalized spacial score (nSPS) is 27.8. The predicted molar refractivity (Wildman–Crippen MR) is 248 cm³/mol. The van der Waals surface area contributed by atoms with Crippen LogP contribution in [0.15, 0.2) is 60.4 Å². The summed E-state index contributed by atoms with van der Waals surface area (Å²) in [6.07, 6.45) is -19.8. The smallest absolute Gasteiger partial charge is 0.471 e. The molecule has 2 aliphatic heterocycles. The minimum absolute atomic E-state index is 0.230. The summed E-state index contributed by atoms with van der Waals surface area (Å²) < 4.78 is 74.4. The highest BCUT2D eigenvalue weighted by Crippen LogP contribution is 2.38. The highest BCUT2D eigenvalue weighted by atomic mass is 19.4. The minimum atomic E-state index is -5.32. The molecule has 1 aliphatic carbocycles. The van der Waals surface area contributed by atoms with E-state index in [0.717, 1.165) is 12.1 Å². The third-order valence-corrected chi connectivity index (χ3v) is 12.1. The molecule has 5 rings (SSSR count). The van der Waals surface area contributed by atoms with E-state index in [9.17, 15) is 78.1 Å². The van der Waals surface area contributed by atoms with E-state index in [1.807, 2.05) is 0 Å². The molecule has 1 saturated carbocycles. The molecule has 0 radical (unpaired) electrons. The van der Waals surface area contributed by atoms with Crippen LogP contribution < -0.4 is 31.9 Å². The van der Waals surface area contributed by atoms with Gasteiger partial charge < -0.3 is 80.5 Å². The van der Waals surface area contributed by atoms with Gasteiger partial charge in [0.15, 0.2) is 6.29 Å². The van der Waals surface area contributed by atoms with E-state index in [4.69, 9.17) is 28.4 Å². The van der Waals surface area contributed by atoms with Crippen molar-refractivity contribution in [1.29, 1.82) is 0 Å². The first-order valence-corrected chi connectivity index (χ1v) is 23.2. The molecule has 11 N–H and O–H groups in total. The van der Waals surface area contributed by atoms with Crippen LogP contribution in [0.1, 0.15) is 51.7 Å². The number of carbonyl (C=O) groups is 4. The Labute approximate surface area is 425 Å². The predicted octanol–water partition coefficient (Wildman–Crippen LogP) is 0.0926. The van der Waals surface area contributed by atoms with Crippen molar-refractivity contribution in [2.45, 2.75) is 139 Å². The Bertz CT molecular complexity index is 2340. The molecule has 2 fully saturated rings. The number of benzene rings is 2. The number of alkyl carbamates (subject to hydrolysis) is 2. The second kappa shape index (κ2) is 25.5. The number of halogens is 3. The molecule has 0 spiro atoms. The van der Waals surface area contributed by atoms with Gasteiger partial charge >= 0.3 is 24.3 Å². The van der Waals surface area contributed by atoms with E-state index in [0.29, 0.717) is 5.56 Å². The summed E-state index contributed by atoms with van der Waals surface area (Å²) in [5.74, 6) is -5.41. The molecular formula is C45H61F3N8O19. The van der Waals surface area contributed by atoms with E-state index in [-0.39, 0.29) is 35.7 Å². The van der Waals surface area contributed by atoms with Gasteiger partial charge in [0.1, 0.15) is 48.0 Å². The molecule has 4 amide bonds. The van der Waals surface area contributed by atoms with Gasteiger partial charge in [0.05, 0.1) is 60.4 Å². The fourth-order valence-electron chi connectivity index (χ4n) is 8.51. The monoisotopic (exact) mass is 1070 g/mol. The van der Waals surface area contributed by atoms with E-state index in [1.165, 1.54) is 56.4 Å². The van der Waals surface area contributed by atoms with Crippen molar-refractivity contribution < 1.29 is 96.1 Å². The molecule has 2 heterocycles. The first-order valence-electron chi connectivity index (χ1n) is 23.2. The Hall–Kier alpha value is -6.35. The first-order chi connectivity index (χ1) is 35.1. The topological polar surface area (TPSA) is 383 Å². The van der Waals surface area contributed by atoms with Gasteiger partial charge in [-0.25, -0.2) is 9.59 Å². The average Bonchev–Trinajstić information content (AvgIpc) is 3.32. The number of ether oxygens (including phenoxy) is 6. The number of nitro groups is 2. The number of nitrogens with one attached hydrogen (secondary N) is 6. The van der Waals surface area contributed by atoms with Crippen LogP contribution in [0.4, 0.5) is 34.1 Å². The van der Waals surface area contributed by atoms with Gasteiger partial charge in [-0.15, -0.1) is 0 Å². The van der Waals surface area contributed by atoms with Crippen LogP contribution >= 0.6 is 0 Å². The van der Waals surface area contributed by atoms with Gasteiger partial charge in [-0.3, -0.25) is 35.1 Å². The number of likely N-dealkylation sites (N-methyl/N-ethyl adjacent to an activating group) is 1. The van der Waals surface area contributed by atoms with E-state index >= 15 is 0 Å². The SMILES string of the molecule is CN[C@@H]1[C@@H](O)[C@@H](O[C@H]2[C@H](NC(=O)[C@@H](O)CNC(=O)OC(C)(C)C)C[C@H](NC(=O)OCc3ccc([N+](=O)[O-])cc3)C(C3OC(CNC(=O)C(F)(F)F)=CC[C@H]3NC(O)OCc3ccc([N+](=O)[O-])cc3)[C@@H]2O)OC[C@]1(C)O. The fourth-order valence-corrected chi connectivity index (χ4v) is 8.51. The van der Waals surface area contributed by atoms with Crippen LogP contribution in [0.25, 0.3) is 0 Å². The third-order valence-electron chi connectivity index (χ3n) is 12.1. The number of alkyl halides is 3. The maximum absolute atomic E-state index is 13.8. The van der Waals surface area contributed by atoms with Gasteiger partial charge in [-0.2, -0.15) is 13.2 Å². The van der Waals surface area contributed by atoms with Crippen LogP contribution in [0.5, 0.6) is 0 Å². The van der Waals surface area contributed by atoms with Crippen LogP contribution in [-0.2, 0) is 51.2 Å². The molecular weight excluding hydrogens is 1010 g/mol. The molecule has 3 unspecified atom stereocenters. The molecule has 2 aromatic carbocycles. The highest BCUT2D eigenvalue weighted by molar-refractivity contribution is 5.82. The van der Waals surface area contributed by atoms with Crippen molar-refractivity contribution in [3.05, 3.63) is 91.7 Å². The number of aliphatic hydroxyl groups excluding tert-OH is 4. The molecule has 0 bridgehead atoms. The number of non-ortho nitro benzene ring substituents is 2. The van der Waals surface area contributed by atoms with Gasteiger partial charge in [-0.05, 0) is 89.1 Å². The van der Waals surface area contributed by atoms with Gasteiger partial charge in [-0.1, -0.05) is 0 Å². The van der Waals surface area contributed by atoms with Gasteiger partial charge in [0, 0.05) is 36.2 Å². The zero-order chi connectivity index (χ0) is 55.6. The molecule has 13 atom stereocenters. The fraction of sp³-hybridized carbons (Fsp3) is 0.600. The molecule has 0 aromatic heterocycles. The zero-order valence-corrected chi connectivity index (χ0v) is 41.1. The summed E-state index contributed by atoms with van der Waals surface area (Å²) in [4.78, 5) is 73.0. The van der Waals surface area contributed by atoms with Crippen LogP contribution in [-0.4, -0.2) is 171 Å². The number of aliphatic hydroxyl groups is 5. The number of nitro benzene ring substituents is 2. The van der Waals surface area contributed by atoms with Crippen LogP contribution in [0.2, 0.25) is 0 Å². The maximum Gasteiger partial charge on any atom is 0.471 e. The molecule has 27 nitrogen and oxygen atoms in total. The van der Waals surface area contributed by atoms with Crippen molar-refractivity contribution in [3.63, 3.8) is 0 Å². The molecule has 30 heteroatoms. The standard InChI is InChI=1S/C45H61F3N8O19/c1-43(2,3)75-40(62)51-18-30(57)37(60)52-29-16-28(54-42(64)71-20-23-8-12-25(13-9-23)56(68)69)31(32(58)35(29)74-38-33(59)36(49-5)44(4,65)21-72-38)34-27(15-14-26(73-34)17-50-39(61)45(46,47)48)53-41(63)70-19-22-6-10-24(11-7-22)55(66)67/h6-14,27-36,38,41,49,53,57-59,63,65H,15-21H2,1-5H3,(H,50,61)(H,51,62)(H,52,60)(H,54,64)/t27-,28+,29-,30+,31?,32+,33-,34?,35+,36-,38-,41?,44+/m1/s1. The maximum atomic E-state index is 13.8. The Morgan fingerprint density at radius 2 is 1.47 bits per heavy atom. The van der Waals surface area contributed by atoms with Crippen molar-refractivity contribution in [2.24, 2.45) is 5.92 Å². The van der Waals surface area contributed by atoms with Crippen molar-refractivity contribution in [1.82, 2.24) is 31.9 Å². The second-order valence-corrected chi connectivity index (χ2v) is 19.0. The molecule has 3 aliphatic rings. The van der Waals surface area contributed by atoms with Crippen molar-refractivity contribution in [2.75, 3.05) is 26.7 Å². The summed E-state index contributed by atoms with van der Waals surface area (Å²) in [7, 11) is 1.42. The quantitative estimate of drug-likeness (QED) is 0.0475. The average molecular weight is 1080 g/mol. The van der Waals surface area contributed by atoms with Gasteiger partial charge in [0.2, 0.25) is 6.41 Å². The lowest BCUT2D eigenvalue weighted by Crippen LogP contribution is -2.70. The summed E-state index contributed by atoms with van der Waals surface area (Å²) in [6, 6.07) is 4.64. The lowest BCUT2D eigenvalue weighted by Gasteiger charge is -2.51. The number of hydrogen-bond acceptors (Lipinski definition) is 21. The lowest BCUT2D eigenvalue weighted by atomic mass is 9.72. The Balaban J connectivity index is 1.53. The molecule has 75 heavy (non-hydrogen) atoms. The largest absolute Gasteiger partial charge is 0.491 e. The summed E-state index contributed by atoms with van der Waals surface area (Å²) in [5, 5.41) is 94.3. The molecule has 416 valence electrons. The Morgan fingerprint density at radius 3 is 2.03 bits per heavy atom. The Morgan fingerprint density at radius 1 is 0.867 bits per heavy atom. The van der Waals surface area contributed by atoms with E-state index < -0.39 is 157 Å². The van der Waals surface area contributed by atoms with Crippen molar-refractivity contribution >= 4 is 35.4 Å². The number of hydrogen-bond donors (Lipinski definition) is 11. The van der Waals surface area contributed by atoms with E-state index in [1.54, 1.807) is 26.1 Å². The molecule has 1 saturated heterocycles. The molecule has 2 aromatic rings. The Kier molecular flexibility index (Phi) is 20.2. The summed E-state index contributed by atoms with van der Waals surface area (Å²) >= 11 is 0. The van der Waals surface area contributed by atoms with Crippen LogP contribution in [0, 0.1) is 26.1 Å². The second-order valence-electron chi connectivity index (χ2n) is 19.0. The summed E-state index contributed by atoms with van der Waals surface area (Å²) in [5.41, 5.74) is -2.49. The third kappa shape index (κ3) is 16.8. The zero-order valence-electron chi connectivity index (χ0n) is 41.1. The number of carbonyl (C=O) groups excluding carboxylic acids is 4. The number of amides is 4. The van der Waals surface area contributed by atoms with Crippen LogP contribution in [0.3, 0.4) is 0 Å². The summed E-state index contributed by atoms with van der Waals surface area (Å²) in [6.45, 7) is 3.20. The van der Waals surface area contributed by atoms with E-state index in [2.05, 4.69) is 26.6 Å². The van der Waals surface area contributed by atoms with Crippen molar-refractivity contribution in [3.8, 4) is 0 Å².